The zero-order valence-electron chi connectivity index (χ0n) is 5.30. The summed E-state index contributed by atoms with van der Waals surface area (Å²) in [6.07, 6.45) is 2.82. The molecule has 0 radical (unpaired) electrons. The summed E-state index contributed by atoms with van der Waals surface area (Å²) in [6, 6.07) is 1.81. The first-order chi connectivity index (χ1) is 4.83. The van der Waals surface area contributed by atoms with Crippen LogP contribution in [0.2, 0.25) is 0 Å². The second-order valence-corrected chi connectivity index (χ2v) is 2.67. The molecule has 3 nitrogen and oxygen atoms in total. The van der Waals surface area contributed by atoms with Crippen molar-refractivity contribution in [2.45, 2.75) is 12.8 Å². The molecule has 0 aliphatic carbocycles. The van der Waals surface area contributed by atoms with Crippen molar-refractivity contribution >= 4 is 22.1 Å². The third kappa shape index (κ3) is 1.95. The largest absolute Gasteiger partial charge is 0.360 e. The van der Waals surface area contributed by atoms with Crippen molar-refractivity contribution in [2.24, 2.45) is 0 Å². The van der Waals surface area contributed by atoms with Crippen LogP contribution in [-0.2, 0) is 6.42 Å². The molecule has 0 aliphatic rings. The molecule has 0 saturated carbocycles. The number of rotatable bonds is 3. The van der Waals surface area contributed by atoms with Gasteiger partial charge in [-0.1, -0.05) is 5.16 Å². The first-order valence-corrected chi connectivity index (χ1v) is 3.72. The van der Waals surface area contributed by atoms with E-state index in [9.17, 15) is 0 Å². The van der Waals surface area contributed by atoms with Crippen LogP contribution in [0, 0.1) is 5.41 Å². The Balaban J connectivity index is 2.49. The third-order valence-corrected chi connectivity index (χ3v) is 1.44. The summed E-state index contributed by atoms with van der Waals surface area (Å²) >= 11 is 3.16. The Morgan fingerprint density at radius 3 is 3.10 bits per heavy atom. The Morgan fingerprint density at radius 2 is 2.60 bits per heavy atom. The van der Waals surface area contributed by atoms with Gasteiger partial charge < -0.3 is 9.93 Å². The van der Waals surface area contributed by atoms with Gasteiger partial charge in [0.2, 0.25) is 0 Å². The molecule has 0 fully saturated rings. The van der Waals surface area contributed by atoms with Crippen molar-refractivity contribution < 1.29 is 4.52 Å². The minimum absolute atomic E-state index is 0.710. The van der Waals surface area contributed by atoms with Gasteiger partial charge >= 0.3 is 0 Å². The summed E-state index contributed by atoms with van der Waals surface area (Å²) in [4.78, 5) is 0. The fourth-order valence-corrected chi connectivity index (χ4v) is 0.948. The molecule has 4 heteroatoms. The first-order valence-electron chi connectivity index (χ1n) is 2.93. The highest BCUT2D eigenvalue weighted by Crippen LogP contribution is 2.10. The van der Waals surface area contributed by atoms with Crippen LogP contribution in [0.5, 0.6) is 0 Å². The maximum atomic E-state index is 6.76. The molecule has 10 heavy (non-hydrogen) atoms. The SMILES string of the molecule is N=CCCc1cc(Br)no1. The minimum Gasteiger partial charge on any atom is -0.360 e. The van der Waals surface area contributed by atoms with Gasteiger partial charge in [-0.15, -0.1) is 0 Å². The van der Waals surface area contributed by atoms with Crippen LogP contribution in [0.25, 0.3) is 0 Å². The number of nitrogens with zero attached hydrogens (tertiary/aromatic N) is 1. The van der Waals surface area contributed by atoms with E-state index in [0.717, 1.165) is 12.2 Å². The van der Waals surface area contributed by atoms with Crippen molar-refractivity contribution in [3.8, 4) is 0 Å². The van der Waals surface area contributed by atoms with Crippen LogP contribution in [0.3, 0.4) is 0 Å². The van der Waals surface area contributed by atoms with Gasteiger partial charge in [-0.25, -0.2) is 0 Å². The van der Waals surface area contributed by atoms with Gasteiger partial charge in [0, 0.05) is 12.5 Å². The zero-order chi connectivity index (χ0) is 7.40. The topological polar surface area (TPSA) is 49.9 Å². The molecule has 0 aliphatic heterocycles. The van der Waals surface area contributed by atoms with E-state index in [4.69, 9.17) is 9.93 Å². The summed E-state index contributed by atoms with van der Waals surface area (Å²) in [7, 11) is 0. The first kappa shape index (κ1) is 7.47. The Kier molecular flexibility index (Phi) is 2.62. The van der Waals surface area contributed by atoms with Crippen molar-refractivity contribution in [3.05, 3.63) is 16.4 Å². The van der Waals surface area contributed by atoms with Crippen LogP contribution in [0.15, 0.2) is 15.2 Å². The highest BCUT2D eigenvalue weighted by Gasteiger charge is 1.98. The molecular weight excluding hydrogens is 196 g/mol. The van der Waals surface area contributed by atoms with E-state index in [2.05, 4.69) is 21.1 Å². The van der Waals surface area contributed by atoms with Gasteiger partial charge in [-0.3, -0.25) is 0 Å². The number of hydrogen-bond acceptors (Lipinski definition) is 3. The van der Waals surface area contributed by atoms with E-state index in [0.29, 0.717) is 11.0 Å². The van der Waals surface area contributed by atoms with Gasteiger partial charge in [0.05, 0.1) is 0 Å². The Morgan fingerprint density at radius 1 is 1.80 bits per heavy atom. The van der Waals surface area contributed by atoms with E-state index in [1.165, 1.54) is 6.21 Å². The van der Waals surface area contributed by atoms with Crippen molar-refractivity contribution in [2.75, 3.05) is 0 Å². The second kappa shape index (κ2) is 3.51. The van der Waals surface area contributed by atoms with Crippen molar-refractivity contribution in [3.63, 3.8) is 0 Å². The average Bonchev–Trinajstić information content (AvgIpc) is 2.31. The average molecular weight is 203 g/mol. The maximum Gasteiger partial charge on any atom is 0.149 e. The van der Waals surface area contributed by atoms with E-state index in [1.54, 1.807) is 0 Å². The van der Waals surface area contributed by atoms with Gasteiger partial charge in [0.1, 0.15) is 10.4 Å². The molecule has 0 bridgehead atoms. The number of aryl methyl sites for hydroxylation is 1. The number of hydrogen-bond donors (Lipinski definition) is 1. The fourth-order valence-electron chi connectivity index (χ4n) is 0.620. The smallest absolute Gasteiger partial charge is 0.149 e. The number of halogens is 1. The quantitative estimate of drug-likeness (QED) is 0.764. The Bertz CT molecular complexity index is 221. The lowest BCUT2D eigenvalue weighted by Gasteiger charge is -1.84. The van der Waals surface area contributed by atoms with Crippen molar-refractivity contribution in [1.82, 2.24) is 5.16 Å². The molecule has 1 aromatic heterocycles. The summed E-state index contributed by atoms with van der Waals surface area (Å²) < 4.78 is 5.58. The lowest BCUT2D eigenvalue weighted by atomic mass is 10.3. The summed E-state index contributed by atoms with van der Waals surface area (Å²) in [5.74, 6) is 0.815. The minimum atomic E-state index is 0.710. The van der Waals surface area contributed by atoms with Crippen LogP contribution in [0.4, 0.5) is 0 Å². The molecular formula is C6H7BrN2O. The highest BCUT2D eigenvalue weighted by atomic mass is 79.9. The lowest BCUT2D eigenvalue weighted by molar-refractivity contribution is 0.381. The fraction of sp³-hybridized carbons (Fsp3) is 0.333. The third-order valence-electron chi connectivity index (χ3n) is 1.07. The van der Waals surface area contributed by atoms with Crippen LogP contribution >= 0.6 is 15.9 Å². The van der Waals surface area contributed by atoms with Crippen LogP contribution in [0.1, 0.15) is 12.2 Å². The monoisotopic (exact) mass is 202 g/mol. The molecule has 0 spiro atoms. The van der Waals surface area contributed by atoms with Crippen molar-refractivity contribution in [1.29, 1.82) is 5.41 Å². The number of aromatic nitrogens is 1. The van der Waals surface area contributed by atoms with Crippen LogP contribution in [-0.4, -0.2) is 11.4 Å². The lowest BCUT2D eigenvalue weighted by Crippen LogP contribution is -1.80. The standard InChI is InChI=1S/C6H7BrN2O/c7-6-4-5(10-9-6)2-1-3-8/h3-4,8H,1-2H2. The molecule has 1 N–H and O–H groups in total. The highest BCUT2D eigenvalue weighted by molar-refractivity contribution is 9.10. The molecule has 1 heterocycles. The number of nitrogens with one attached hydrogen (secondary N) is 1. The summed E-state index contributed by atoms with van der Waals surface area (Å²) in [6.45, 7) is 0. The molecule has 0 aromatic carbocycles. The predicted octanol–water partition coefficient (Wildman–Crippen LogP) is 2.02. The van der Waals surface area contributed by atoms with E-state index >= 15 is 0 Å². The summed E-state index contributed by atoms with van der Waals surface area (Å²) in [5.41, 5.74) is 0. The second-order valence-electron chi connectivity index (χ2n) is 1.86. The Labute approximate surface area is 67.0 Å². The molecule has 0 amide bonds. The van der Waals surface area contributed by atoms with Crippen LogP contribution < -0.4 is 0 Å². The van der Waals surface area contributed by atoms with Gasteiger partial charge in [-0.05, 0) is 28.6 Å². The Hall–Kier alpha value is -0.640. The predicted molar refractivity (Wildman–Crippen MR) is 41.3 cm³/mol. The molecule has 1 aromatic rings. The molecule has 1 rings (SSSR count). The normalized spacial score (nSPS) is 9.70. The van der Waals surface area contributed by atoms with Gasteiger partial charge in [0.15, 0.2) is 0 Å². The molecule has 0 atom stereocenters. The van der Waals surface area contributed by atoms with Gasteiger partial charge in [-0.2, -0.15) is 0 Å². The van der Waals surface area contributed by atoms with E-state index < -0.39 is 0 Å². The van der Waals surface area contributed by atoms with E-state index in [-0.39, 0.29) is 0 Å². The zero-order valence-corrected chi connectivity index (χ0v) is 6.89. The molecule has 54 valence electrons. The summed E-state index contributed by atoms with van der Waals surface area (Å²) in [5, 5.41) is 10.4. The molecule has 0 saturated heterocycles. The van der Waals surface area contributed by atoms with E-state index in [1.807, 2.05) is 6.07 Å². The van der Waals surface area contributed by atoms with Gasteiger partial charge in [0.25, 0.3) is 0 Å². The maximum absolute atomic E-state index is 6.76. The molecule has 0 unspecified atom stereocenters.